The molecule has 216 valence electrons. The molecule has 1 saturated carbocycles. The fraction of sp³-hybridized carbons (Fsp3) is 0.344. The van der Waals surface area contributed by atoms with Gasteiger partial charge in [-0.15, -0.1) is 5.10 Å². The molecule has 1 fully saturated rings. The monoisotopic (exact) mass is 566 g/mol. The molecule has 0 radical (unpaired) electrons. The number of H-pyrrole nitrogens is 1. The second-order valence-corrected chi connectivity index (χ2v) is 10.5. The predicted molar refractivity (Wildman–Crippen MR) is 158 cm³/mol. The van der Waals surface area contributed by atoms with Crippen molar-refractivity contribution in [3.05, 3.63) is 77.9 Å². The normalized spacial score (nSPS) is 14.5. The van der Waals surface area contributed by atoms with Gasteiger partial charge in [-0.1, -0.05) is 67.1 Å². The number of nitrogens with zero attached hydrogens (tertiary/aromatic N) is 5. The summed E-state index contributed by atoms with van der Waals surface area (Å²) in [6.45, 7) is 4.82. The Balaban J connectivity index is 1.24. The Hall–Kier alpha value is -4.73. The molecule has 3 aromatic carbocycles. The molecular weight excluding hydrogens is 532 g/mol. The molecule has 2 heterocycles. The summed E-state index contributed by atoms with van der Waals surface area (Å²) in [5, 5.41) is 14.4. The van der Waals surface area contributed by atoms with Gasteiger partial charge < -0.3 is 14.2 Å². The summed E-state index contributed by atoms with van der Waals surface area (Å²) in [5.41, 5.74) is 6.56. The quantitative estimate of drug-likeness (QED) is 0.192. The van der Waals surface area contributed by atoms with Crippen molar-refractivity contribution in [2.75, 3.05) is 6.61 Å². The summed E-state index contributed by atoms with van der Waals surface area (Å²) in [6, 6.07) is 22.8. The van der Waals surface area contributed by atoms with Crippen LogP contribution in [0.2, 0.25) is 0 Å². The molecular formula is C32H34N6O4. The zero-order valence-corrected chi connectivity index (χ0v) is 23.8. The van der Waals surface area contributed by atoms with Gasteiger partial charge in [0.2, 0.25) is 0 Å². The highest BCUT2D eigenvalue weighted by molar-refractivity contribution is 5.82. The lowest BCUT2D eigenvalue weighted by Crippen LogP contribution is -2.22. The van der Waals surface area contributed by atoms with Gasteiger partial charge in [0, 0.05) is 11.1 Å². The number of ether oxygens (including phenoxy) is 3. The van der Waals surface area contributed by atoms with Crippen molar-refractivity contribution in [2.24, 2.45) is 0 Å². The van der Waals surface area contributed by atoms with Crippen LogP contribution >= 0.6 is 0 Å². The third-order valence-corrected chi connectivity index (χ3v) is 7.71. The van der Waals surface area contributed by atoms with Crippen LogP contribution in [0.1, 0.15) is 63.2 Å². The Bertz CT molecular complexity index is 1640. The predicted octanol–water partition coefficient (Wildman–Crippen LogP) is 6.88. The fourth-order valence-corrected chi connectivity index (χ4v) is 5.61. The van der Waals surface area contributed by atoms with Crippen LogP contribution in [0.25, 0.3) is 33.5 Å². The van der Waals surface area contributed by atoms with Crippen molar-refractivity contribution in [3.63, 3.8) is 0 Å². The molecule has 0 bridgehead atoms. The number of imidazole rings is 1. The molecule has 10 heteroatoms. The number of nitrogens with one attached hydrogen (secondary N) is 1. The Morgan fingerprint density at radius 3 is 2.52 bits per heavy atom. The third kappa shape index (κ3) is 5.83. The van der Waals surface area contributed by atoms with Crippen LogP contribution in [0.15, 0.2) is 66.7 Å². The molecule has 1 unspecified atom stereocenters. The molecule has 0 spiro atoms. The van der Waals surface area contributed by atoms with Crippen LogP contribution in [0.4, 0.5) is 4.79 Å². The first-order valence-electron chi connectivity index (χ1n) is 14.5. The van der Waals surface area contributed by atoms with Crippen molar-refractivity contribution >= 4 is 17.2 Å². The number of aromatic nitrogens is 6. The number of rotatable bonds is 9. The molecule has 2 aromatic heterocycles. The average Bonchev–Trinajstić information content (AvgIpc) is 3.67. The number of carbonyl (C=O) groups excluding carboxylic acids is 1. The number of hydrogen-bond donors (Lipinski definition) is 1. The van der Waals surface area contributed by atoms with Gasteiger partial charge in [0.25, 0.3) is 6.01 Å². The minimum absolute atomic E-state index is 0.0583. The Morgan fingerprint density at radius 2 is 1.79 bits per heavy atom. The summed E-state index contributed by atoms with van der Waals surface area (Å²) in [4.78, 5) is 17.4. The summed E-state index contributed by atoms with van der Waals surface area (Å²) in [6.07, 6.45) is 3.94. The maximum absolute atomic E-state index is 12.6. The first-order chi connectivity index (χ1) is 20.6. The minimum Gasteiger partial charge on any atom is -0.465 e. The van der Waals surface area contributed by atoms with E-state index in [4.69, 9.17) is 19.2 Å². The summed E-state index contributed by atoms with van der Waals surface area (Å²) >= 11 is 0. The second kappa shape index (κ2) is 12.4. The number of aromatic amines is 1. The Kier molecular flexibility index (Phi) is 8.12. The van der Waals surface area contributed by atoms with E-state index in [2.05, 4.69) is 55.5 Å². The van der Waals surface area contributed by atoms with E-state index >= 15 is 0 Å². The van der Waals surface area contributed by atoms with Gasteiger partial charge in [-0.2, -0.15) is 4.98 Å². The smallest absolute Gasteiger partial charge is 0.465 e. The van der Waals surface area contributed by atoms with Crippen LogP contribution in [-0.2, 0) is 16.0 Å². The van der Waals surface area contributed by atoms with E-state index in [0.717, 1.165) is 64.5 Å². The molecule has 42 heavy (non-hydrogen) atoms. The largest absolute Gasteiger partial charge is 0.509 e. The SMILES string of the molecule is CCOc1nc2c(C(C)OC(=O)OC3CCCCC3)cccc2n1Cc1ccc(-c2ccccc2-c2nnn[nH]2)cc1. The van der Waals surface area contributed by atoms with Gasteiger partial charge >= 0.3 is 6.16 Å². The van der Waals surface area contributed by atoms with E-state index < -0.39 is 12.3 Å². The van der Waals surface area contributed by atoms with Gasteiger partial charge in [0.15, 0.2) is 5.82 Å². The van der Waals surface area contributed by atoms with Crippen molar-refractivity contribution in [1.82, 2.24) is 30.2 Å². The average molecular weight is 567 g/mol. The van der Waals surface area contributed by atoms with Gasteiger partial charge in [-0.25, -0.2) is 9.89 Å². The van der Waals surface area contributed by atoms with E-state index in [1.54, 1.807) is 0 Å². The number of tetrazole rings is 1. The van der Waals surface area contributed by atoms with Crippen molar-refractivity contribution in [2.45, 2.75) is 64.7 Å². The van der Waals surface area contributed by atoms with Crippen LogP contribution in [0.3, 0.4) is 0 Å². The third-order valence-electron chi connectivity index (χ3n) is 7.71. The molecule has 1 atom stereocenters. The van der Waals surface area contributed by atoms with Crippen LogP contribution in [0.5, 0.6) is 6.01 Å². The number of para-hydroxylation sites is 1. The summed E-state index contributed by atoms with van der Waals surface area (Å²) in [7, 11) is 0. The Labute approximate surface area is 244 Å². The van der Waals surface area contributed by atoms with Crippen molar-refractivity contribution < 1.29 is 19.0 Å². The highest BCUT2D eigenvalue weighted by Gasteiger charge is 2.23. The van der Waals surface area contributed by atoms with Gasteiger partial charge in [0.1, 0.15) is 12.2 Å². The molecule has 0 saturated heterocycles. The lowest BCUT2D eigenvalue weighted by Gasteiger charge is -2.22. The topological polar surface area (TPSA) is 117 Å². The zero-order valence-electron chi connectivity index (χ0n) is 23.8. The van der Waals surface area contributed by atoms with Crippen molar-refractivity contribution in [3.8, 4) is 28.5 Å². The van der Waals surface area contributed by atoms with E-state index in [9.17, 15) is 4.79 Å². The second-order valence-electron chi connectivity index (χ2n) is 10.5. The van der Waals surface area contributed by atoms with E-state index in [0.29, 0.717) is 25.0 Å². The molecule has 5 aromatic rings. The standard InChI is InChI=1S/C32H34N6O4/c1-3-40-31-33-29-25(21(2)41-32(39)42-24-10-5-4-6-11-24)14-9-15-28(29)38(31)20-22-16-18-23(19-17-22)26-12-7-8-13-27(26)30-34-36-37-35-30/h7-9,12-19,21,24H,3-6,10-11,20H2,1-2H3,(H,34,35,36,37). The first kappa shape index (κ1) is 27.4. The lowest BCUT2D eigenvalue weighted by molar-refractivity contribution is -0.00724. The van der Waals surface area contributed by atoms with E-state index in [1.165, 1.54) is 6.42 Å². The van der Waals surface area contributed by atoms with Crippen LogP contribution < -0.4 is 4.74 Å². The minimum atomic E-state index is -0.628. The van der Waals surface area contributed by atoms with Crippen LogP contribution in [-0.4, -0.2) is 49.0 Å². The molecule has 0 aliphatic heterocycles. The number of hydrogen-bond acceptors (Lipinski definition) is 8. The maximum Gasteiger partial charge on any atom is 0.509 e. The first-order valence-corrected chi connectivity index (χ1v) is 14.5. The number of fused-ring (bicyclic) bond motifs is 1. The highest BCUT2D eigenvalue weighted by Crippen LogP contribution is 2.33. The van der Waals surface area contributed by atoms with Crippen molar-refractivity contribution in [1.29, 1.82) is 0 Å². The maximum atomic E-state index is 12.6. The summed E-state index contributed by atoms with van der Waals surface area (Å²) in [5.74, 6) is 0.622. The summed E-state index contributed by atoms with van der Waals surface area (Å²) < 4.78 is 19.3. The zero-order chi connectivity index (χ0) is 28.9. The van der Waals surface area contributed by atoms with Gasteiger partial charge in [-0.3, -0.25) is 4.57 Å². The fourth-order valence-electron chi connectivity index (χ4n) is 5.61. The molecule has 1 N–H and O–H groups in total. The Morgan fingerprint density at radius 1 is 1.00 bits per heavy atom. The molecule has 1 aliphatic rings. The molecule has 0 amide bonds. The number of carbonyl (C=O) groups is 1. The van der Waals surface area contributed by atoms with E-state index in [1.807, 2.05) is 50.2 Å². The van der Waals surface area contributed by atoms with E-state index in [-0.39, 0.29) is 6.10 Å². The molecule has 6 rings (SSSR count). The number of benzene rings is 3. The highest BCUT2D eigenvalue weighted by atomic mass is 16.7. The lowest BCUT2D eigenvalue weighted by atomic mass is 9.98. The van der Waals surface area contributed by atoms with Gasteiger partial charge in [-0.05, 0) is 72.7 Å². The molecule has 10 nitrogen and oxygen atoms in total. The van der Waals surface area contributed by atoms with Crippen LogP contribution in [0, 0.1) is 0 Å². The van der Waals surface area contributed by atoms with Gasteiger partial charge in [0.05, 0.1) is 24.2 Å². The molecule has 1 aliphatic carbocycles.